The van der Waals surface area contributed by atoms with Crippen LogP contribution in [0.3, 0.4) is 0 Å². The Hall–Kier alpha value is -3.75. The van der Waals surface area contributed by atoms with E-state index in [1.807, 2.05) is 0 Å². The minimum absolute atomic E-state index is 0.0707. The van der Waals surface area contributed by atoms with Gasteiger partial charge < -0.3 is 24.5 Å². The molecule has 0 spiro atoms. The van der Waals surface area contributed by atoms with Gasteiger partial charge in [0.05, 0.1) is 17.6 Å². The van der Waals surface area contributed by atoms with E-state index in [1.165, 1.54) is 13.2 Å². The van der Waals surface area contributed by atoms with E-state index in [-0.39, 0.29) is 27.8 Å². The van der Waals surface area contributed by atoms with Crippen LogP contribution in [0.25, 0.3) is 22.1 Å². The number of nitro benzene ring substituents is 1. The molecule has 0 aliphatic rings. The van der Waals surface area contributed by atoms with Crippen LogP contribution in [0.1, 0.15) is 0 Å². The smallest absolute Gasteiger partial charge is 0.311 e. The fourth-order valence-corrected chi connectivity index (χ4v) is 2.47. The van der Waals surface area contributed by atoms with E-state index in [0.717, 1.165) is 24.5 Å². The zero-order valence-corrected chi connectivity index (χ0v) is 12.7. The van der Waals surface area contributed by atoms with E-state index < -0.39 is 33.3 Å². The molecule has 25 heavy (non-hydrogen) atoms. The first-order valence-electron chi connectivity index (χ1n) is 6.87. The summed E-state index contributed by atoms with van der Waals surface area (Å²) in [6.45, 7) is 0. The number of phenols is 3. The van der Waals surface area contributed by atoms with Crippen molar-refractivity contribution in [3.05, 3.63) is 50.9 Å². The number of aromatic hydroxyl groups is 3. The number of methoxy groups -OCH3 is 1. The predicted molar refractivity (Wildman–Crippen MR) is 86.1 cm³/mol. The standard InChI is InChI=1S/C16H11NO8/c1-24-16-11(19)5-12-13(15(16)21)14(20)8(6-25-12)7-2-3-10(18)9(4-7)17(22)23/h2-6,18-19,21H,1H3. The van der Waals surface area contributed by atoms with Gasteiger partial charge in [0.2, 0.25) is 11.2 Å². The van der Waals surface area contributed by atoms with Gasteiger partial charge >= 0.3 is 5.69 Å². The summed E-state index contributed by atoms with van der Waals surface area (Å²) in [5.74, 6) is -1.87. The Morgan fingerprint density at radius 3 is 2.52 bits per heavy atom. The Morgan fingerprint density at radius 2 is 1.88 bits per heavy atom. The minimum atomic E-state index is -0.792. The van der Waals surface area contributed by atoms with Crippen LogP contribution in [0.15, 0.2) is 39.7 Å². The molecule has 3 N–H and O–H groups in total. The average Bonchev–Trinajstić information content (AvgIpc) is 2.55. The molecular formula is C16H11NO8. The van der Waals surface area contributed by atoms with Crippen LogP contribution in [0.4, 0.5) is 5.69 Å². The van der Waals surface area contributed by atoms with E-state index in [4.69, 9.17) is 9.15 Å². The largest absolute Gasteiger partial charge is 0.504 e. The van der Waals surface area contributed by atoms with Crippen molar-refractivity contribution in [3.8, 4) is 34.1 Å². The molecule has 3 aromatic rings. The molecule has 0 atom stereocenters. The summed E-state index contributed by atoms with van der Waals surface area (Å²) in [5.41, 5.74) is -1.30. The molecule has 0 fully saturated rings. The van der Waals surface area contributed by atoms with Crippen molar-refractivity contribution in [1.82, 2.24) is 0 Å². The number of rotatable bonds is 3. The molecule has 0 bridgehead atoms. The van der Waals surface area contributed by atoms with Gasteiger partial charge in [0.25, 0.3) is 0 Å². The number of hydrogen-bond acceptors (Lipinski definition) is 8. The topological polar surface area (TPSA) is 143 Å². The number of hydrogen-bond donors (Lipinski definition) is 3. The van der Waals surface area contributed by atoms with Crippen molar-refractivity contribution in [2.75, 3.05) is 7.11 Å². The molecule has 3 rings (SSSR count). The Morgan fingerprint density at radius 1 is 1.16 bits per heavy atom. The van der Waals surface area contributed by atoms with Crippen LogP contribution < -0.4 is 10.2 Å². The van der Waals surface area contributed by atoms with Crippen molar-refractivity contribution in [2.45, 2.75) is 0 Å². The van der Waals surface area contributed by atoms with Gasteiger partial charge in [0.1, 0.15) is 17.2 Å². The molecule has 9 nitrogen and oxygen atoms in total. The monoisotopic (exact) mass is 345 g/mol. The van der Waals surface area contributed by atoms with Crippen LogP contribution in [0, 0.1) is 10.1 Å². The van der Waals surface area contributed by atoms with Crippen molar-refractivity contribution in [2.24, 2.45) is 0 Å². The number of phenolic OH excluding ortho intramolecular Hbond substituents is 3. The second kappa shape index (κ2) is 5.71. The first-order valence-corrected chi connectivity index (χ1v) is 6.87. The van der Waals surface area contributed by atoms with Gasteiger partial charge in [-0.2, -0.15) is 0 Å². The summed E-state index contributed by atoms with van der Waals surface area (Å²) in [6, 6.07) is 4.50. The highest BCUT2D eigenvalue weighted by Gasteiger charge is 2.21. The Balaban J connectivity index is 2.33. The van der Waals surface area contributed by atoms with Crippen molar-refractivity contribution >= 4 is 16.7 Å². The molecule has 0 unspecified atom stereocenters. The van der Waals surface area contributed by atoms with Gasteiger partial charge in [-0.3, -0.25) is 14.9 Å². The van der Waals surface area contributed by atoms with Crippen LogP contribution in [0.5, 0.6) is 23.0 Å². The molecule has 0 aliphatic heterocycles. The summed E-state index contributed by atoms with van der Waals surface area (Å²) in [6.07, 6.45) is 1.05. The summed E-state index contributed by atoms with van der Waals surface area (Å²) >= 11 is 0. The maximum absolute atomic E-state index is 12.7. The number of nitro groups is 1. The lowest BCUT2D eigenvalue weighted by molar-refractivity contribution is -0.385. The van der Waals surface area contributed by atoms with Crippen LogP contribution in [-0.4, -0.2) is 27.4 Å². The third kappa shape index (κ3) is 2.47. The normalized spacial score (nSPS) is 10.8. The third-order valence-corrected chi connectivity index (χ3v) is 3.66. The minimum Gasteiger partial charge on any atom is -0.504 e. The lowest BCUT2D eigenvalue weighted by Crippen LogP contribution is -2.06. The van der Waals surface area contributed by atoms with Crippen LogP contribution in [-0.2, 0) is 0 Å². The van der Waals surface area contributed by atoms with E-state index in [0.29, 0.717) is 0 Å². The number of nitrogens with zero attached hydrogens (tertiary/aromatic N) is 1. The highest BCUT2D eigenvalue weighted by atomic mass is 16.6. The average molecular weight is 345 g/mol. The Labute approximate surface area is 139 Å². The molecule has 0 radical (unpaired) electrons. The second-order valence-electron chi connectivity index (χ2n) is 5.09. The van der Waals surface area contributed by atoms with Crippen LogP contribution >= 0.6 is 0 Å². The maximum Gasteiger partial charge on any atom is 0.311 e. The summed E-state index contributed by atoms with van der Waals surface area (Å²) in [5, 5.41) is 40.1. The molecule has 1 aromatic heterocycles. The molecule has 0 amide bonds. The van der Waals surface area contributed by atoms with E-state index in [2.05, 4.69) is 0 Å². The predicted octanol–water partition coefficient (Wildman–Crippen LogP) is 2.49. The molecule has 0 aliphatic carbocycles. The summed E-state index contributed by atoms with van der Waals surface area (Å²) < 4.78 is 10.1. The molecule has 1 heterocycles. The van der Waals surface area contributed by atoms with Crippen LogP contribution in [0.2, 0.25) is 0 Å². The number of benzene rings is 2. The molecule has 2 aromatic carbocycles. The molecule has 0 saturated heterocycles. The SMILES string of the molecule is COc1c(O)cc2occ(-c3ccc(O)c([N+](=O)[O-])c3)c(=O)c2c1O. The highest BCUT2D eigenvalue weighted by molar-refractivity contribution is 5.91. The van der Waals surface area contributed by atoms with Gasteiger partial charge in [0.15, 0.2) is 17.2 Å². The van der Waals surface area contributed by atoms with Crippen molar-refractivity contribution in [1.29, 1.82) is 0 Å². The zero-order valence-electron chi connectivity index (χ0n) is 12.7. The number of fused-ring (bicyclic) bond motifs is 1. The number of ether oxygens (including phenoxy) is 1. The lowest BCUT2D eigenvalue weighted by Gasteiger charge is -2.09. The van der Waals surface area contributed by atoms with E-state index in [1.54, 1.807) is 0 Å². The van der Waals surface area contributed by atoms with Gasteiger partial charge in [-0.1, -0.05) is 0 Å². The van der Waals surface area contributed by atoms with Gasteiger partial charge in [0, 0.05) is 12.1 Å². The van der Waals surface area contributed by atoms with Crippen molar-refractivity contribution in [3.63, 3.8) is 0 Å². The first kappa shape index (κ1) is 16.1. The summed E-state index contributed by atoms with van der Waals surface area (Å²) in [7, 11) is 1.20. The maximum atomic E-state index is 12.7. The third-order valence-electron chi connectivity index (χ3n) is 3.66. The molecule has 0 saturated carbocycles. The van der Waals surface area contributed by atoms with E-state index >= 15 is 0 Å². The molecular weight excluding hydrogens is 334 g/mol. The zero-order chi connectivity index (χ0) is 18.3. The lowest BCUT2D eigenvalue weighted by atomic mass is 10.0. The first-order chi connectivity index (χ1) is 11.8. The highest BCUT2D eigenvalue weighted by Crippen LogP contribution is 2.41. The van der Waals surface area contributed by atoms with Gasteiger partial charge in [-0.15, -0.1) is 0 Å². The Kier molecular flexibility index (Phi) is 3.68. The second-order valence-corrected chi connectivity index (χ2v) is 5.09. The van der Waals surface area contributed by atoms with E-state index in [9.17, 15) is 30.2 Å². The Bertz CT molecular complexity index is 1070. The summed E-state index contributed by atoms with van der Waals surface area (Å²) in [4.78, 5) is 22.9. The fourth-order valence-electron chi connectivity index (χ4n) is 2.47. The van der Waals surface area contributed by atoms with Gasteiger partial charge in [-0.05, 0) is 17.7 Å². The fraction of sp³-hybridized carbons (Fsp3) is 0.0625. The van der Waals surface area contributed by atoms with Gasteiger partial charge in [-0.25, -0.2) is 0 Å². The quantitative estimate of drug-likeness (QED) is 0.485. The van der Waals surface area contributed by atoms with Crippen molar-refractivity contribution < 1.29 is 29.4 Å². The molecule has 9 heteroatoms. The molecule has 128 valence electrons.